The van der Waals surface area contributed by atoms with Gasteiger partial charge in [-0.15, -0.1) is 0 Å². The second-order valence-corrected chi connectivity index (χ2v) is 8.08. The zero-order valence-corrected chi connectivity index (χ0v) is 18.3. The molecule has 0 bridgehead atoms. The number of carbonyl (C=O) groups excluding carboxylic acids is 2. The second kappa shape index (κ2) is 11.1. The number of halogens is 2. The molecule has 0 aromatic heterocycles. The normalized spacial score (nSPS) is 11.8. The Balaban J connectivity index is 2.12. The van der Waals surface area contributed by atoms with Crippen molar-refractivity contribution >= 4 is 35.0 Å². The van der Waals surface area contributed by atoms with Gasteiger partial charge >= 0.3 is 0 Å². The highest BCUT2D eigenvalue weighted by molar-refractivity contribution is 6.30. The van der Waals surface area contributed by atoms with Crippen LogP contribution in [0, 0.1) is 5.92 Å². The molecule has 1 atom stereocenters. The van der Waals surface area contributed by atoms with Crippen LogP contribution in [0.4, 0.5) is 0 Å². The third-order valence-corrected chi connectivity index (χ3v) is 4.76. The molecule has 0 aliphatic rings. The molecule has 2 rings (SSSR count). The van der Waals surface area contributed by atoms with Crippen molar-refractivity contribution in [2.45, 2.75) is 33.4 Å². The third kappa shape index (κ3) is 7.59. The summed E-state index contributed by atoms with van der Waals surface area (Å²) >= 11 is 11.9. The molecule has 0 spiro atoms. The Labute approximate surface area is 181 Å². The minimum Gasteiger partial charge on any atom is -0.484 e. The number of nitrogens with one attached hydrogen (secondary N) is 1. The van der Waals surface area contributed by atoms with E-state index in [1.54, 1.807) is 43.3 Å². The molecule has 2 amide bonds. The van der Waals surface area contributed by atoms with Gasteiger partial charge in [-0.3, -0.25) is 9.59 Å². The van der Waals surface area contributed by atoms with E-state index in [4.69, 9.17) is 27.9 Å². The van der Waals surface area contributed by atoms with Crippen LogP contribution in [0.1, 0.15) is 26.3 Å². The van der Waals surface area contributed by atoms with Crippen LogP contribution in [0.15, 0.2) is 48.5 Å². The molecule has 0 heterocycles. The summed E-state index contributed by atoms with van der Waals surface area (Å²) in [5.41, 5.74) is 0.834. The molecule has 7 heteroatoms. The number of hydrogen-bond acceptors (Lipinski definition) is 3. The molecular formula is C22H26Cl2N2O3. The minimum absolute atomic E-state index is 0.190. The van der Waals surface area contributed by atoms with Crippen LogP contribution in [-0.4, -0.2) is 35.9 Å². The van der Waals surface area contributed by atoms with Crippen molar-refractivity contribution < 1.29 is 14.3 Å². The van der Waals surface area contributed by atoms with Gasteiger partial charge in [-0.1, -0.05) is 49.2 Å². The first-order chi connectivity index (χ1) is 13.8. The predicted octanol–water partition coefficient (Wildman–Crippen LogP) is 4.56. The Hall–Kier alpha value is -2.24. The summed E-state index contributed by atoms with van der Waals surface area (Å²) < 4.78 is 5.59. The van der Waals surface area contributed by atoms with Crippen molar-refractivity contribution in [3.05, 3.63) is 64.1 Å². The quantitative estimate of drug-likeness (QED) is 0.626. The summed E-state index contributed by atoms with van der Waals surface area (Å²) in [5.74, 6) is 0.339. The van der Waals surface area contributed by atoms with E-state index in [0.717, 1.165) is 5.56 Å². The molecule has 0 saturated carbocycles. The fourth-order valence-electron chi connectivity index (χ4n) is 2.63. The Morgan fingerprint density at radius 2 is 1.72 bits per heavy atom. The van der Waals surface area contributed by atoms with Gasteiger partial charge < -0.3 is 15.0 Å². The van der Waals surface area contributed by atoms with E-state index in [-0.39, 0.29) is 25.0 Å². The monoisotopic (exact) mass is 436 g/mol. The van der Waals surface area contributed by atoms with Crippen LogP contribution >= 0.6 is 23.2 Å². The summed E-state index contributed by atoms with van der Waals surface area (Å²) in [6.07, 6.45) is 0. The van der Waals surface area contributed by atoms with Crippen molar-refractivity contribution in [1.29, 1.82) is 0 Å². The molecule has 2 aromatic carbocycles. The van der Waals surface area contributed by atoms with E-state index < -0.39 is 6.04 Å². The lowest BCUT2D eigenvalue weighted by Crippen LogP contribution is -2.49. The van der Waals surface area contributed by atoms with Gasteiger partial charge in [-0.05, 0) is 54.8 Å². The van der Waals surface area contributed by atoms with Crippen LogP contribution < -0.4 is 10.1 Å². The molecule has 5 nitrogen and oxygen atoms in total. The van der Waals surface area contributed by atoms with Crippen LogP contribution in [0.2, 0.25) is 10.0 Å². The number of rotatable bonds is 9. The average molecular weight is 437 g/mol. The predicted molar refractivity (Wildman–Crippen MR) is 116 cm³/mol. The zero-order valence-electron chi connectivity index (χ0n) is 16.8. The largest absolute Gasteiger partial charge is 0.484 e. The lowest BCUT2D eigenvalue weighted by Gasteiger charge is -2.29. The third-order valence-electron chi connectivity index (χ3n) is 4.27. The van der Waals surface area contributed by atoms with Crippen molar-refractivity contribution in [1.82, 2.24) is 10.2 Å². The highest BCUT2D eigenvalue weighted by atomic mass is 35.5. The number of benzene rings is 2. The van der Waals surface area contributed by atoms with Gasteiger partial charge in [0, 0.05) is 23.1 Å². The lowest BCUT2D eigenvalue weighted by atomic mass is 10.1. The van der Waals surface area contributed by atoms with Crippen LogP contribution in [0.25, 0.3) is 0 Å². The van der Waals surface area contributed by atoms with Gasteiger partial charge in [0.1, 0.15) is 11.8 Å². The van der Waals surface area contributed by atoms with Crippen molar-refractivity contribution in [3.63, 3.8) is 0 Å². The maximum absolute atomic E-state index is 12.9. The Morgan fingerprint density at radius 1 is 1.03 bits per heavy atom. The van der Waals surface area contributed by atoms with Gasteiger partial charge in [0.05, 0.1) is 0 Å². The standard InChI is InChI=1S/C22H26Cl2N2O3/c1-15(2)12-25-22(28)16(3)26(13-17-5-4-6-19(24)11-17)21(27)14-29-20-9-7-18(23)8-10-20/h4-11,15-16H,12-14H2,1-3H3,(H,25,28)/t16-/m1/s1. The second-order valence-electron chi connectivity index (χ2n) is 7.21. The van der Waals surface area contributed by atoms with Gasteiger partial charge in [-0.25, -0.2) is 0 Å². The summed E-state index contributed by atoms with van der Waals surface area (Å²) in [6.45, 7) is 6.34. The highest BCUT2D eigenvalue weighted by Crippen LogP contribution is 2.17. The van der Waals surface area contributed by atoms with Crippen LogP contribution in [0.5, 0.6) is 5.75 Å². The Morgan fingerprint density at radius 3 is 2.34 bits per heavy atom. The molecule has 0 fully saturated rings. The van der Waals surface area contributed by atoms with Gasteiger partial charge in [0.15, 0.2) is 6.61 Å². The van der Waals surface area contributed by atoms with Crippen LogP contribution in [0.3, 0.4) is 0 Å². The SMILES string of the molecule is CC(C)CNC(=O)[C@@H](C)N(Cc1cccc(Cl)c1)C(=O)COc1ccc(Cl)cc1. The first kappa shape index (κ1) is 23.0. The molecule has 0 radical (unpaired) electrons. The number of hydrogen-bond donors (Lipinski definition) is 1. The zero-order chi connectivity index (χ0) is 21.4. The fraction of sp³-hybridized carbons (Fsp3) is 0.364. The van der Waals surface area contributed by atoms with Crippen molar-refractivity contribution in [2.75, 3.05) is 13.2 Å². The first-order valence-electron chi connectivity index (χ1n) is 9.46. The molecule has 1 N–H and O–H groups in total. The number of nitrogens with zero attached hydrogens (tertiary/aromatic N) is 1. The van der Waals surface area contributed by atoms with Gasteiger partial charge in [0.25, 0.3) is 5.91 Å². The summed E-state index contributed by atoms with van der Waals surface area (Å²) in [4.78, 5) is 27.0. The number of carbonyl (C=O) groups is 2. The molecule has 0 aliphatic heterocycles. The molecule has 0 unspecified atom stereocenters. The molecular weight excluding hydrogens is 411 g/mol. The highest BCUT2D eigenvalue weighted by Gasteiger charge is 2.26. The van der Waals surface area contributed by atoms with E-state index in [1.165, 1.54) is 4.90 Å². The van der Waals surface area contributed by atoms with Gasteiger partial charge in [-0.2, -0.15) is 0 Å². The maximum Gasteiger partial charge on any atom is 0.261 e. The van der Waals surface area contributed by atoms with E-state index in [2.05, 4.69) is 5.32 Å². The van der Waals surface area contributed by atoms with E-state index in [1.807, 2.05) is 26.0 Å². The molecule has 29 heavy (non-hydrogen) atoms. The molecule has 2 aromatic rings. The first-order valence-corrected chi connectivity index (χ1v) is 10.2. The Bertz CT molecular complexity index is 825. The molecule has 156 valence electrons. The minimum atomic E-state index is -0.658. The fourth-order valence-corrected chi connectivity index (χ4v) is 2.96. The summed E-state index contributed by atoms with van der Waals surface area (Å²) in [6, 6.07) is 13.3. The van der Waals surface area contributed by atoms with E-state index >= 15 is 0 Å². The van der Waals surface area contributed by atoms with Crippen LogP contribution in [-0.2, 0) is 16.1 Å². The van der Waals surface area contributed by atoms with E-state index in [0.29, 0.717) is 28.3 Å². The summed E-state index contributed by atoms with van der Waals surface area (Å²) in [7, 11) is 0. The van der Waals surface area contributed by atoms with Crippen molar-refractivity contribution in [2.24, 2.45) is 5.92 Å². The van der Waals surface area contributed by atoms with Gasteiger partial charge in [0.2, 0.25) is 5.91 Å². The van der Waals surface area contributed by atoms with E-state index in [9.17, 15) is 9.59 Å². The summed E-state index contributed by atoms with van der Waals surface area (Å²) in [5, 5.41) is 4.04. The van der Waals surface area contributed by atoms with Crippen molar-refractivity contribution in [3.8, 4) is 5.75 Å². The average Bonchev–Trinajstić information content (AvgIpc) is 2.69. The number of amides is 2. The molecule has 0 aliphatic carbocycles. The molecule has 0 saturated heterocycles. The number of ether oxygens (including phenoxy) is 1. The lowest BCUT2D eigenvalue weighted by molar-refractivity contribution is -0.142. The maximum atomic E-state index is 12.9. The Kier molecular flexibility index (Phi) is 8.80. The smallest absolute Gasteiger partial charge is 0.261 e. The topological polar surface area (TPSA) is 58.6 Å².